The van der Waals surface area contributed by atoms with E-state index in [4.69, 9.17) is 32.7 Å². The zero-order valence-electron chi connectivity index (χ0n) is 11.0. The fourth-order valence-electron chi connectivity index (χ4n) is 1.28. The molecule has 0 bridgehead atoms. The fourth-order valence-corrected chi connectivity index (χ4v) is 1.76. The van der Waals surface area contributed by atoms with Gasteiger partial charge in [-0.15, -0.1) is 0 Å². The van der Waals surface area contributed by atoms with E-state index in [1.807, 2.05) is 0 Å². The Labute approximate surface area is 126 Å². The third-order valence-electron chi connectivity index (χ3n) is 2.10. The molecule has 1 rings (SSSR count). The number of imide groups is 1. The molecule has 0 atom stereocenters. The average molecular weight is 321 g/mol. The number of para-hydroxylation sites is 1. The highest BCUT2D eigenvalue weighted by Crippen LogP contribution is 2.33. The number of benzene rings is 1. The van der Waals surface area contributed by atoms with Crippen LogP contribution >= 0.6 is 23.2 Å². The van der Waals surface area contributed by atoms with Crippen LogP contribution in [0.1, 0.15) is 13.8 Å². The zero-order chi connectivity index (χ0) is 15.1. The standard InChI is InChI=1S/C12H14Cl2N2O4/c1-3-19-11(17)16(12(18)20-4-2)15-10-8(13)6-5-7-9(10)14/h5-7,16H,3-4H2,1-2H3. The first-order chi connectivity index (χ1) is 9.51. The summed E-state index contributed by atoms with van der Waals surface area (Å²) in [7, 11) is 0. The van der Waals surface area contributed by atoms with Crippen LogP contribution in [0, 0.1) is 0 Å². The minimum Gasteiger partial charge on any atom is -0.464 e. The van der Waals surface area contributed by atoms with E-state index in [2.05, 4.69) is 5.43 Å². The summed E-state index contributed by atoms with van der Waals surface area (Å²) in [5.74, 6) is 0. The van der Waals surface area contributed by atoms with Crippen molar-refractivity contribution in [3.8, 4) is 0 Å². The largest absolute Gasteiger partial charge is 0.519 e. The molecule has 0 heterocycles. The fraction of sp³-hybridized carbons (Fsp3) is 0.333. The molecule has 0 radical (unpaired) electrons. The van der Waals surface area contributed by atoms with Crippen LogP contribution in [0.15, 0.2) is 18.2 Å². The molecule has 2 amide bonds. The monoisotopic (exact) mass is 320 g/mol. The molecule has 8 heteroatoms. The molecular weight excluding hydrogens is 307 g/mol. The highest BCUT2D eigenvalue weighted by atomic mass is 35.5. The molecule has 20 heavy (non-hydrogen) atoms. The highest BCUT2D eigenvalue weighted by molar-refractivity contribution is 6.39. The third-order valence-corrected chi connectivity index (χ3v) is 2.71. The summed E-state index contributed by atoms with van der Waals surface area (Å²) in [6, 6.07) is 4.71. The molecule has 0 fully saturated rings. The van der Waals surface area contributed by atoms with Gasteiger partial charge in [0.1, 0.15) is 0 Å². The summed E-state index contributed by atoms with van der Waals surface area (Å²) >= 11 is 11.9. The number of hydrogen-bond acceptors (Lipinski definition) is 4. The Morgan fingerprint density at radius 1 is 1.10 bits per heavy atom. The van der Waals surface area contributed by atoms with E-state index in [0.29, 0.717) is 0 Å². The summed E-state index contributed by atoms with van der Waals surface area (Å²) in [4.78, 5) is 23.5. The van der Waals surface area contributed by atoms with Gasteiger partial charge in [0.2, 0.25) is 0 Å². The number of halogens is 2. The highest BCUT2D eigenvalue weighted by Gasteiger charge is 2.26. The van der Waals surface area contributed by atoms with Gasteiger partial charge in [0.05, 0.1) is 13.2 Å². The molecule has 0 aliphatic rings. The number of carbonyl (C=O) groups is 2. The van der Waals surface area contributed by atoms with Crippen molar-refractivity contribution in [1.82, 2.24) is 0 Å². The van der Waals surface area contributed by atoms with Crippen LogP contribution in [0.4, 0.5) is 15.3 Å². The number of alkyl carbamates (subject to hydrolysis) is 2. The second-order valence-corrected chi connectivity index (χ2v) is 4.29. The molecule has 6 nitrogen and oxygen atoms in total. The van der Waals surface area contributed by atoms with Crippen molar-refractivity contribution in [2.45, 2.75) is 13.8 Å². The van der Waals surface area contributed by atoms with E-state index in [9.17, 15) is 9.59 Å². The van der Waals surface area contributed by atoms with E-state index >= 15 is 0 Å². The number of amides is 2. The van der Waals surface area contributed by atoms with Gasteiger partial charge in [-0.05, 0) is 26.0 Å². The van der Waals surface area contributed by atoms with E-state index < -0.39 is 17.2 Å². The Balaban J connectivity index is 3.00. The van der Waals surface area contributed by atoms with Gasteiger partial charge in [0.15, 0.2) is 0 Å². The average Bonchev–Trinajstić information content (AvgIpc) is 2.38. The Bertz CT molecular complexity index is 458. The van der Waals surface area contributed by atoms with Crippen LogP contribution in [-0.2, 0) is 9.47 Å². The predicted molar refractivity (Wildman–Crippen MR) is 74.5 cm³/mol. The lowest BCUT2D eigenvalue weighted by molar-refractivity contribution is -0.698. The number of quaternary nitrogens is 1. The maximum absolute atomic E-state index is 11.7. The number of nitrogens with zero attached hydrogens (tertiary/aromatic N) is 1. The maximum Gasteiger partial charge on any atom is 0.519 e. The van der Waals surface area contributed by atoms with Gasteiger partial charge in [-0.2, -0.15) is 14.6 Å². The molecule has 1 aromatic rings. The summed E-state index contributed by atoms with van der Waals surface area (Å²) in [6.07, 6.45) is -1.77. The smallest absolute Gasteiger partial charge is 0.464 e. The minimum absolute atomic E-state index is 0.105. The van der Waals surface area contributed by atoms with Crippen molar-refractivity contribution in [2.75, 3.05) is 13.2 Å². The molecule has 0 aliphatic heterocycles. The summed E-state index contributed by atoms with van der Waals surface area (Å²) in [6.45, 7) is 3.44. The number of ether oxygens (including phenoxy) is 2. The normalized spacial score (nSPS) is 10.2. The number of nitrogens with one attached hydrogen (secondary N) is 1. The van der Waals surface area contributed by atoms with Gasteiger partial charge in [-0.1, -0.05) is 35.0 Å². The van der Waals surface area contributed by atoms with Crippen molar-refractivity contribution in [3.63, 3.8) is 0 Å². The number of rotatable bonds is 4. The summed E-state index contributed by atoms with van der Waals surface area (Å²) in [5, 5.41) is -0.0732. The molecule has 0 saturated heterocycles. The SMILES string of the molecule is CCOC(=O)[NH+]([N-]c1c(Cl)cccc1Cl)C(=O)OCC. The Kier molecular flexibility index (Phi) is 6.57. The Morgan fingerprint density at radius 3 is 1.95 bits per heavy atom. The van der Waals surface area contributed by atoms with E-state index in [0.717, 1.165) is 0 Å². The van der Waals surface area contributed by atoms with E-state index in [1.54, 1.807) is 32.0 Å². The molecule has 110 valence electrons. The van der Waals surface area contributed by atoms with E-state index in [-0.39, 0.29) is 28.9 Å². The lowest BCUT2D eigenvalue weighted by Crippen LogP contribution is -3.13. The maximum atomic E-state index is 11.7. The van der Waals surface area contributed by atoms with Crippen LogP contribution in [-0.4, -0.2) is 25.4 Å². The molecule has 1 aromatic carbocycles. The molecule has 0 saturated carbocycles. The van der Waals surface area contributed by atoms with Crippen LogP contribution in [0.5, 0.6) is 0 Å². The van der Waals surface area contributed by atoms with Gasteiger partial charge < -0.3 is 14.9 Å². The Hall–Kier alpha value is -1.50. The first kappa shape index (κ1) is 16.6. The van der Waals surface area contributed by atoms with Crippen molar-refractivity contribution >= 4 is 41.1 Å². The molecule has 0 aromatic heterocycles. The van der Waals surface area contributed by atoms with Gasteiger partial charge in [-0.25, -0.2) is 0 Å². The molecule has 0 aliphatic carbocycles. The lowest BCUT2D eigenvalue weighted by Gasteiger charge is -2.27. The van der Waals surface area contributed by atoms with Gasteiger partial charge >= 0.3 is 12.2 Å². The second-order valence-electron chi connectivity index (χ2n) is 3.47. The minimum atomic E-state index is -0.887. The van der Waals surface area contributed by atoms with E-state index in [1.165, 1.54) is 0 Å². The quantitative estimate of drug-likeness (QED) is 0.865. The first-order valence-electron chi connectivity index (χ1n) is 5.88. The predicted octanol–water partition coefficient (Wildman–Crippen LogP) is 3.11. The van der Waals surface area contributed by atoms with Crippen molar-refractivity contribution < 1.29 is 24.1 Å². The first-order valence-corrected chi connectivity index (χ1v) is 6.63. The molecule has 1 N–H and O–H groups in total. The number of hydrogen-bond donors (Lipinski definition) is 1. The van der Waals surface area contributed by atoms with Crippen molar-refractivity contribution in [3.05, 3.63) is 33.7 Å². The summed E-state index contributed by atoms with van der Waals surface area (Å²) < 4.78 is 9.53. The van der Waals surface area contributed by atoms with Crippen molar-refractivity contribution in [2.24, 2.45) is 0 Å². The summed E-state index contributed by atoms with van der Waals surface area (Å²) in [5.41, 5.74) is 4.02. The van der Waals surface area contributed by atoms with Crippen LogP contribution in [0.2, 0.25) is 10.0 Å². The van der Waals surface area contributed by atoms with Crippen LogP contribution < -0.4 is 5.01 Å². The van der Waals surface area contributed by atoms with Crippen molar-refractivity contribution in [1.29, 1.82) is 0 Å². The topological polar surface area (TPSA) is 71.1 Å². The molecule has 0 unspecified atom stereocenters. The van der Waals surface area contributed by atoms with Gasteiger partial charge in [0, 0.05) is 10.0 Å². The van der Waals surface area contributed by atoms with Crippen LogP contribution in [0.3, 0.4) is 0 Å². The van der Waals surface area contributed by atoms with Crippen LogP contribution in [0.25, 0.3) is 5.43 Å². The number of carbonyl (C=O) groups excluding carboxylic acids is 2. The Morgan fingerprint density at radius 2 is 1.55 bits per heavy atom. The molecular formula is C12H14Cl2N2O4. The lowest BCUT2D eigenvalue weighted by atomic mass is 10.3. The second kappa shape index (κ2) is 7.94. The zero-order valence-corrected chi connectivity index (χ0v) is 12.5. The van der Waals surface area contributed by atoms with Gasteiger partial charge in [0.25, 0.3) is 0 Å². The third kappa shape index (κ3) is 4.26. The molecule has 0 spiro atoms. The van der Waals surface area contributed by atoms with Gasteiger partial charge in [-0.3, -0.25) is 0 Å².